The second kappa shape index (κ2) is 9.04. The Balaban J connectivity index is 1.67. The van der Waals surface area contributed by atoms with Crippen molar-refractivity contribution < 1.29 is 27.6 Å². The van der Waals surface area contributed by atoms with Crippen molar-refractivity contribution in [2.24, 2.45) is 0 Å². The zero-order valence-electron chi connectivity index (χ0n) is 17.4. The van der Waals surface area contributed by atoms with E-state index in [4.69, 9.17) is 27.9 Å². The van der Waals surface area contributed by atoms with Gasteiger partial charge in [-0.2, -0.15) is 18.3 Å². The van der Waals surface area contributed by atoms with Gasteiger partial charge in [-0.1, -0.05) is 23.2 Å². The Bertz CT molecular complexity index is 1490. The third-order valence-corrected chi connectivity index (χ3v) is 5.09. The molecule has 35 heavy (non-hydrogen) atoms. The number of benzene rings is 2. The van der Waals surface area contributed by atoms with Crippen LogP contribution in [0.5, 0.6) is 11.5 Å². The molecular weight excluding hydrogens is 514 g/mol. The second-order valence-corrected chi connectivity index (χ2v) is 8.03. The van der Waals surface area contributed by atoms with E-state index in [9.17, 15) is 28.1 Å². The predicted molar refractivity (Wildman–Crippen MR) is 120 cm³/mol. The van der Waals surface area contributed by atoms with E-state index in [2.05, 4.69) is 15.4 Å². The van der Waals surface area contributed by atoms with Gasteiger partial charge in [0.1, 0.15) is 17.2 Å². The highest BCUT2D eigenvalue weighted by molar-refractivity contribution is 6.35. The first-order valence-corrected chi connectivity index (χ1v) is 10.3. The summed E-state index contributed by atoms with van der Waals surface area (Å²) < 4.78 is 46.2. The van der Waals surface area contributed by atoms with Crippen LogP contribution >= 0.6 is 23.2 Å². The van der Waals surface area contributed by atoms with Crippen molar-refractivity contribution in [3.05, 3.63) is 85.8 Å². The van der Waals surface area contributed by atoms with Crippen LogP contribution in [0.2, 0.25) is 10.0 Å². The van der Waals surface area contributed by atoms with E-state index in [1.54, 1.807) is 0 Å². The average Bonchev–Trinajstić information content (AvgIpc) is 3.18. The number of amides is 1. The number of aromatic nitrogens is 3. The third kappa shape index (κ3) is 5.28. The fourth-order valence-electron chi connectivity index (χ4n) is 3.11. The number of nitro benzene ring substituents is 1. The smallest absolute Gasteiger partial charge is 0.433 e. The number of anilines is 1. The topological polar surface area (TPSA) is 112 Å². The quantitative estimate of drug-likeness (QED) is 0.241. The molecule has 4 rings (SSSR count). The van der Waals surface area contributed by atoms with Gasteiger partial charge < -0.3 is 10.1 Å². The normalized spacial score (nSPS) is 11.5. The van der Waals surface area contributed by atoms with E-state index >= 15 is 0 Å². The van der Waals surface area contributed by atoms with Gasteiger partial charge in [-0.25, -0.2) is 9.50 Å². The summed E-state index contributed by atoms with van der Waals surface area (Å²) in [7, 11) is 0. The number of alkyl halides is 3. The van der Waals surface area contributed by atoms with Gasteiger partial charge in [-0.3, -0.25) is 14.9 Å². The van der Waals surface area contributed by atoms with Crippen LogP contribution in [-0.2, 0) is 6.18 Å². The van der Waals surface area contributed by atoms with E-state index in [0.29, 0.717) is 9.54 Å². The Hall–Kier alpha value is -3.90. The molecule has 1 amide bonds. The molecule has 0 aliphatic carbocycles. The van der Waals surface area contributed by atoms with Gasteiger partial charge in [0, 0.05) is 28.9 Å². The van der Waals surface area contributed by atoms with Gasteiger partial charge in [0.15, 0.2) is 11.3 Å². The van der Waals surface area contributed by atoms with E-state index in [1.165, 1.54) is 31.2 Å². The summed E-state index contributed by atoms with van der Waals surface area (Å²) in [6.07, 6.45) is -4.74. The zero-order valence-corrected chi connectivity index (χ0v) is 18.9. The highest BCUT2D eigenvalue weighted by Gasteiger charge is 2.35. The van der Waals surface area contributed by atoms with E-state index in [1.807, 2.05) is 0 Å². The van der Waals surface area contributed by atoms with Crippen LogP contribution in [0.3, 0.4) is 0 Å². The molecule has 0 unspecified atom stereocenters. The van der Waals surface area contributed by atoms with Crippen molar-refractivity contribution >= 4 is 46.1 Å². The van der Waals surface area contributed by atoms with Crippen molar-refractivity contribution in [3.63, 3.8) is 0 Å². The number of aryl methyl sites for hydroxylation is 1. The minimum Gasteiger partial charge on any atom is -0.455 e. The van der Waals surface area contributed by atoms with Crippen molar-refractivity contribution in [3.8, 4) is 11.5 Å². The summed E-state index contributed by atoms with van der Waals surface area (Å²) in [4.78, 5) is 27.4. The monoisotopic (exact) mass is 525 g/mol. The maximum absolute atomic E-state index is 13.4. The maximum atomic E-state index is 13.4. The highest BCUT2D eigenvalue weighted by atomic mass is 35.5. The molecular formula is C21H12Cl2F3N5O4. The number of rotatable bonds is 5. The number of carbonyl (C=O) groups excluding carboxylic acids is 1. The molecule has 0 aliphatic rings. The Morgan fingerprint density at radius 1 is 1.14 bits per heavy atom. The SMILES string of the molecule is Cc1cc(C(F)(F)F)n2nc(C(=O)Nc3cc(Oc4ccc(Cl)cc4Cl)cc([N+](=O)[O-])c3)cc2n1. The Labute approximate surface area is 204 Å². The van der Waals surface area contributed by atoms with Crippen LogP contribution in [0.15, 0.2) is 48.5 Å². The predicted octanol–water partition coefficient (Wildman–Crippen LogP) is 6.32. The molecule has 0 saturated heterocycles. The summed E-state index contributed by atoms with van der Waals surface area (Å²) in [5.41, 5.74) is -2.09. The molecule has 0 aliphatic heterocycles. The molecule has 0 atom stereocenters. The molecule has 4 aromatic rings. The van der Waals surface area contributed by atoms with Gasteiger partial charge in [0.2, 0.25) is 0 Å². The number of nitrogens with zero attached hydrogens (tertiary/aromatic N) is 4. The number of carbonyl (C=O) groups is 1. The summed E-state index contributed by atoms with van der Waals surface area (Å²) in [6, 6.07) is 9.65. The lowest BCUT2D eigenvalue weighted by atomic mass is 10.2. The molecule has 0 saturated carbocycles. The lowest BCUT2D eigenvalue weighted by molar-refractivity contribution is -0.384. The van der Waals surface area contributed by atoms with Crippen LogP contribution in [0.1, 0.15) is 21.9 Å². The van der Waals surface area contributed by atoms with Crippen molar-refractivity contribution in [1.82, 2.24) is 14.6 Å². The number of hydrogen-bond acceptors (Lipinski definition) is 6. The summed E-state index contributed by atoms with van der Waals surface area (Å²) in [6.45, 7) is 1.37. The Morgan fingerprint density at radius 2 is 1.89 bits per heavy atom. The summed E-state index contributed by atoms with van der Waals surface area (Å²) in [5.74, 6) is -0.807. The van der Waals surface area contributed by atoms with Gasteiger partial charge >= 0.3 is 6.18 Å². The molecule has 14 heteroatoms. The number of non-ortho nitro benzene ring substituents is 1. The number of ether oxygens (including phenoxy) is 1. The molecule has 0 fully saturated rings. The molecule has 1 N–H and O–H groups in total. The summed E-state index contributed by atoms with van der Waals surface area (Å²) >= 11 is 11.9. The Morgan fingerprint density at radius 3 is 2.54 bits per heavy atom. The standard InChI is InChI=1S/C21H12Cl2F3N5O4/c1-10-4-18(21(24,25)26)30-19(27-10)9-16(29-30)20(32)28-12-6-13(31(33)34)8-14(7-12)35-17-3-2-11(22)5-15(17)23/h2-9H,1H3,(H,28,32). The minimum absolute atomic E-state index is 0.0367. The first-order valence-electron chi connectivity index (χ1n) is 9.59. The molecule has 9 nitrogen and oxygen atoms in total. The molecule has 2 aromatic carbocycles. The molecule has 2 aromatic heterocycles. The number of nitrogens with one attached hydrogen (secondary N) is 1. The number of nitro groups is 1. The molecule has 0 spiro atoms. The van der Waals surface area contributed by atoms with Crippen molar-refractivity contribution in [1.29, 1.82) is 0 Å². The van der Waals surface area contributed by atoms with Crippen LogP contribution in [0.25, 0.3) is 5.65 Å². The minimum atomic E-state index is -4.74. The second-order valence-electron chi connectivity index (χ2n) is 7.18. The van der Waals surface area contributed by atoms with E-state index < -0.39 is 28.4 Å². The van der Waals surface area contributed by atoms with Crippen LogP contribution < -0.4 is 10.1 Å². The van der Waals surface area contributed by atoms with Crippen LogP contribution in [0, 0.1) is 17.0 Å². The first-order chi connectivity index (χ1) is 16.4. The third-order valence-electron chi connectivity index (χ3n) is 4.56. The Kier molecular flexibility index (Phi) is 6.26. The first kappa shape index (κ1) is 24.2. The fourth-order valence-corrected chi connectivity index (χ4v) is 3.56. The van der Waals surface area contributed by atoms with Gasteiger partial charge in [-0.05, 0) is 31.2 Å². The lowest BCUT2D eigenvalue weighted by Crippen LogP contribution is -2.16. The molecule has 0 bridgehead atoms. The maximum Gasteiger partial charge on any atom is 0.433 e. The number of fused-ring (bicyclic) bond motifs is 1. The number of halogens is 5. The lowest BCUT2D eigenvalue weighted by Gasteiger charge is -2.10. The highest BCUT2D eigenvalue weighted by Crippen LogP contribution is 2.35. The molecule has 2 heterocycles. The summed E-state index contributed by atoms with van der Waals surface area (Å²) in [5, 5.41) is 17.9. The largest absolute Gasteiger partial charge is 0.455 e. The van der Waals surface area contributed by atoms with Crippen molar-refractivity contribution in [2.45, 2.75) is 13.1 Å². The number of hydrogen-bond donors (Lipinski definition) is 1. The van der Waals surface area contributed by atoms with E-state index in [0.717, 1.165) is 24.3 Å². The van der Waals surface area contributed by atoms with Gasteiger partial charge in [-0.15, -0.1) is 0 Å². The van der Waals surface area contributed by atoms with Crippen LogP contribution in [0.4, 0.5) is 24.5 Å². The van der Waals surface area contributed by atoms with Crippen molar-refractivity contribution in [2.75, 3.05) is 5.32 Å². The fraction of sp³-hybridized carbons (Fsp3) is 0.0952. The molecule has 0 radical (unpaired) electrons. The van der Waals surface area contributed by atoms with Crippen LogP contribution in [-0.4, -0.2) is 25.4 Å². The average molecular weight is 526 g/mol. The van der Waals surface area contributed by atoms with E-state index in [-0.39, 0.29) is 39.2 Å². The van der Waals surface area contributed by atoms with Gasteiger partial charge in [0.25, 0.3) is 11.6 Å². The van der Waals surface area contributed by atoms with Gasteiger partial charge in [0.05, 0.1) is 21.7 Å². The molecule has 180 valence electrons. The zero-order chi connectivity index (χ0) is 25.5.